The number of esters is 2. The molecule has 0 bridgehead atoms. The Morgan fingerprint density at radius 2 is 1.85 bits per heavy atom. The quantitative estimate of drug-likeness (QED) is 0.169. The van der Waals surface area contributed by atoms with Crippen LogP contribution in [0.4, 0.5) is 0 Å². The van der Waals surface area contributed by atoms with Gasteiger partial charge in [0.05, 0.1) is 24.3 Å². The van der Waals surface area contributed by atoms with Crippen LogP contribution in [0.15, 0.2) is 47.5 Å². The van der Waals surface area contributed by atoms with E-state index in [0.29, 0.717) is 11.3 Å². The first-order valence-corrected chi connectivity index (χ1v) is 13.0. The number of nitrogens with zero attached hydrogens (tertiary/aromatic N) is 1. The molecule has 8 nitrogen and oxygen atoms in total. The number of amides is 1. The summed E-state index contributed by atoms with van der Waals surface area (Å²) < 4.78 is 25.9. The number of hydrogen-bond acceptors (Lipinski definition) is 7. The zero-order valence-corrected chi connectivity index (χ0v) is 22.7. The van der Waals surface area contributed by atoms with Crippen LogP contribution in [-0.4, -0.2) is 54.7 Å². The molecule has 2 rings (SSSR count). The summed E-state index contributed by atoms with van der Waals surface area (Å²) in [5, 5.41) is 0.306. The van der Waals surface area contributed by atoms with Gasteiger partial charge in [-0.25, -0.2) is 4.79 Å². The lowest BCUT2D eigenvalue weighted by Crippen LogP contribution is -2.61. The van der Waals surface area contributed by atoms with E-state index in [1.807, 2.05) is 0 Å². The Kier molecular flexibility index (Phi) is 10.9. The molecule has 0 aliphatic carbocycles. The van der Waals surface area contributed by atoms with Crippen LogP contribution in [0.25, 0.3) is 0 Å². The van der Waals surface area contributed by atoms with Gasteiger partial charge in [-0.1, -0.05) is 62.9 Å². The van der Waals surface area contributed by atoms with Crippen LogP contribution in [0.5, 0.6) is 5.75 Å². The van der Waals surface area contributed by atoms with Gasteiger partial charge in [0.1, 0.15) is 29.2 Å². The molecule has 0 radical (unpaired) electrons. The summed E-state index contributed by atoms with van der Waals surface area (Å²) in [6.07, 6.45) is 2.30. The van der Waals surface area contributed by atoms with Crippen molar-refractivity contribution in [3.8, 4) is 5.75 Å². The number of rotatable bonds is 10. The second kappa shape index (κ2) is 12.9. The molecule has 1 unspecified atom stereocenters. The van der Waals surface area contributed by atoms with Crippen LogP contribution < -0.4 is 4.74 Å². The molecule has 1 amide bonds. The minimum atomic E-state index is -1.76. The zero-order chi connectivity index (χ0) is 25.5. The van der Waals surface area contributed by atoms with Gasteiger partial charge in [0.15, 0.2) is 0 Å². The van der Waals surface area contributed by atoms with Crippen molar-refractivity contribution in [3.63, 3.8) is 0 Å². The van der Waals surface area contributed by atoms with E-state index in [0.717, 1.165) is 17.0 Å². The molecule has 1 aromatic rings. The molecule has 1 aromatic carbocycles. The number of alkyl halides is 4. The molecule has 0 saturated carbocycles. The first kappa shape index (κ1) is 28.6. The van der Waals surface area contributed by atoms with Gasteiger partial charge in [-0.15, -0.1) is 0 Å². The number of hydrogen-bond donors (Lipinski definition) is 0. The SMILES string of the molecule is COc1ccc(COC(=O)CC(C)=CN2C(=O)[C@H](Br)[C@H]2S(=O)C=CC(=O)OCC(Cl)(Cl)Cl)cc1. The maximum Gasteiger partial charge on any atom is 0.331 e. The minimum absolute atomic E-state index is 0.0641. The van der Waals surface area contributed by atoms with Crippen LogP contribution in [-0.2, 0) is 41.3 Å². The highest BCUT2D eigenvalue weighted by atomic mass is 79.9. The fourth-order valence-corrected chi connectivity index (χ4v) is 5.11. The standard InChI is InChI=1S/C21H21BrCl3NO7S/c1-13(9-17(28)32-11-14-3-5-15(31-2)6-4-14)10-26-19(29)18(22)20(26)34(30)8-7-16(27)33-12-21(23,24)25/h3-8,10,18,20H,9,11-12H2,1-2H3/t18-,20+,34?/m0/s1. The molecule has 0 aromatic heterocycles. The molecular formula is C21H21BrCl3NO7S. The third kappa shape index (κ3) is 8.88. The van der Waals surface area contributed by atoms with Crippen molar-refractivity contribution in [3.05, 3.63) is 53.1 Å². The van der Waals surface area contributed by atoms with Crippen molar-refractivity contribution in [1.29, 1.82) is 0 Å². The van der Waals surface area contributed by atoms with E-state index < -0.39 is 43.3 Å². The van der Waals surface area contributed by atoms with Gasteiger partial charge in [0, 0.05) is 17.7 Å². The molecule has 13 heteroatoms. The molecule has 1 heterocycles. The third-order valence-corrected chi connectivity index (χ3v) is 7.26. The highest BCUT2D eigenvalue weighted by Gasteiger charge is 2.48. The van der Waals surface area contributed by atoms with Gasteiger partial charge < -0.3 is 19.1 Å². The second-order valence-electron chi connectivity index (χ2n) is 7.05. The Morgan fingerprint density at radius 3 is 2.44 bits per heavy atom. The smallest absolute Gasteiger partial charge is 0.331 e. The summed E-state index contributed by atoms with van der Waals surface area (Å²) in [6.45, 7) is 1.26. The number of carbonyl (C=O) groups excluding carboxylic acids is 3. The molecule has 34 heavy (non-hydrogen) atoms. The van der Waals surface area contributed by atoms with Gasteiger partial charge in [0.2, 0.25) is 9.70 Å². The lowest BCUT2D eigenvalue weighted by molar-refractivity contribution is -0.144. The minimum Gasteiger partial charge on any atom is -0.497 e. The van der Waals surface area contributed by atoms with Crippen molar-refractivity contribution in [2.24, 2.45) is 0 Å². The van der Waals surface area contributed by atoms with Gasteiger partial charge in [-0.3, -0.25) is 13.8 Å². The number of methoxy groups -OCH3 is 1. The van der Waals surface area contributed by atoms with Gasteiger partial charge in [-0.2, -0.15) is 0 Å². The number of benzene rings is 1. The van der Waals surface area contributed by atoms with Gasteiger partial charge in [-0.05, 0) is 30.2 Å². The topological polar surface area (TPSA) is 99.2 Å². The molecule has 1 aliphatic rings. The fraction of sp³-hybridized carbons (Fsp3) is 0.381. The number of β-lactam (4-membered cyclic amide) rings is 1. The Bertz CT molecular complexity index is 995. The normalized spacial score (nSPS) is 19.5. The molecule has 1 aliphatic heterocycles. The predicted molar refractivity (Wildman–Crippen MR) is 133 cm³/mol. The first-order chi connectivity index (χ1) is 15.9. The summed E-state index contributed by atoms with van der Waals surface area (Å²) in [6, 6.07) is 7.08. The Balaban J connectivity index is 1.90. The molecule has 1 saturated heterocycles. The molecule has 0 spiro atoms. The van der Waals surface area contributed by atoms with Crippen LogP contribution >= 0.6 is 50.7 Å². The maximum atomic E-state index is 12.6. The van der Waals surface area contributed by atoms with Crippen molar-refractivity contribution in [2.75, 3.05) is 13.7 Å². The van der Waals surface area contributed by atoms with Crippen molar-refractivity contribution < 1.29 is 32.8 Å². The molecular weight excluding hydrogens is 597 g/mol. The van der Waals surface area contributed by atoms with E-state index >= 15 is 0 Å². The van der Waals surface area contributed by atoms with Crippen LogP contribution in [0.3, 0.4) is 0 Å². The van der Waals surface area contributed by atoms with Crippen LogP contribution in [0.1, 0.15) is 18.9 Å². The van der Waals surface area contributed by atoms with E-state index in [4.69, 9.17) is 49.0 Å². The number of ether oxygens (including phenoxy) is 3. The first-order valence-electron chi connectivity index (χ1n) is 9.64. The highest BCUT2D eigenvalue weighted by Crippen LogP contribution is 2.31. The zero-order valence-electron chi connectivity index (χ0n) is 18.0. The molecule has 0 N–H and O–H groups in total. The van der Waals surface area contributed by atoms with Crippen molar-refractivity contribution >= 4 is 79.4 Å². The van der Waals surface area contributed by atoms with E-state index in [-0.39, 0.29) is 18.9 Å². The lowest BCUT2D eigenvalue weighted by atomic mass is 10.1. The van der Waals surface area contributed by atoms with Crippen LogP contribution in [0, 0.1) is 0 Å². The predicted octanol–water partition coefficient (Wildman–Crippen LogP) is 4.14. The molecule has 3 atom stereocenters. The molecule has 1 fully saturated rings. The summed E-state index contributed by atoms with van der Waals surface area (Å²) in [4.78, 5) is 36.6. The van der Waals surface area contributed by atoms with Crippen LogP contribution in [0.2, 0.25) is 0 Å². The average molecular weight is 618 g/mol. The van der Waals surface area contributed by atoms with E-state index in [1.54, 1.807) is 38.3 Å². The van der Waals surface area contributed by atoms with E-state index in [9.17, 15) is 18.6 Å². The third-order valence-electron chi connectivity index (χ3n) is 4.31. The monoisotopic (exact) mass is 615 g/mol. The average Bonchev–Trinajstić information content (AvgIpc) is 2.79. The summed E-state index contributed by atoms with van der Waals surface area (Å²) in [5.41, 5.74) is 1.32. The second-order valence-corrected chi connectivity index (χ2v) is 12.0. The van der Waals surface area contributed by atoms with Gasteiger partial charge >= 0.3 is 11.9 Å². The molecule has 186 valence electrons. The van der Waals surface area contributed by atoms with Crippen molar-refractivity contribution in [1.82, 2.24) is 4.90 Å². The lowest BCUT2D eigenvalue weighted by Gasteiger charge is -2.41. The summed E-state index contributed by atoms with van der Waals surface area (Å²) in [7, 11) is -0.198. The maximum absolute atomic E-state index is 12.6. The fourth-order valence-electron chi connectivity index (χ4n) is 2.67. The summed E-state index contributed by atoms with van der Waals surface area (Å²) >= 11 is 19.7. The Hall–Kier alpha value is -1.59. The van der Waals surface area contributed by atoms with Gasteiger partial charge in [0.25, 0.3) is 0 Å². The number of carbonyl (C=O) groups is 3. The van der Waals surface area contributed by atoms with Crippen molar-refractivity contribution in [2.45, 2.75) is 33.9 Å². The van der Waals surface area contributed by atoms with E-state index in [2.05, 4.69) is 15.9 Å². The number of halogens is 4. The highest BCUT2D eigenvalue weighted by molar-refractivity contribution is 9.10. The Labute approximate surface area is 222 Å². The summed E-state index contributed by atoms with van der Waals surface area (Å²) in [5.74, 6) is -0.979. The Morgan fingerprint density at radius 1 is 1.21 bits per heavy atom. The van der Waals surface area contributed by atoms with E-state index in [1.165, 1.54) is 11.1 Å². The largest absolute Gasteiger partial charge is 0.497 e. The number of likely N-dealkylation sites (tertiary alicyclic amines) is 1.